The molecule has 1 heterocycles. The number of anilines is 1. The van der Waals surface area contributed by atoms with E-state index in [1.54, 1.807) is 25.1 Å². The molecule has 0 radical (unpaired) electrons. The van der Waals surface area contributed by atoms with Crippen molar-refractivity contribution in [2.45, 2.75) is 13.0 Å². The molecule has 0 fully saturated rings. The van der Waals surface area contributed by atoms with Crippen LogP contribution in [-0.4, -0.2) is 16.1 Å². The second-order valence-electron chi connectivity index (χ2n) is 4.25. The highest BCUT2D eigenvalue weighted by atomic mass is 35.5. The van der Waals surface area contributed by atoms with E-state index in [1.165, 1.54) is 18.3 Å². The van der Waals surface area contributed by atoms with E-state index in [-0.39, 0.29) is 22.4 Å². The van der Waals surface area contributed by atoms with Crippen molar-refractivity contribution >= 4 is 23.4 Å². The SMILES string of the molecule is CC(Nc1ncc(C(=O)O)cc1Cl)c1ccccc1F. The third-order valence-electron chi connectivity index (χ3n) is 2.81. The molecule has 4 nitrogen and oxygen atoms in total. The molecule has 0 spiro atoms. The lowest BCUT2D eigenvalue weighted by atomic mass is 10.1. The minimum absolute atomic E-state index is 0.000838. The normalized spacial score (nSPS) is 11.9. The number of hydrogen-bond donors (Lipinski definition) is 2. The summed E-state index contributed by atoms with van der Waals surface area (Å²) in [6, 6.07) is 7.32. The number of carbonyl (C=O) groups is 1. The molecular weight excluding hydrogens is 283 g/mol. The van der Waals surface area contributed by atoms with Crippen molar-refractivity contribution in [3.63, 3.8) is 0 Å². The van der Waals surface area contributed by atoms with Crippen LogP contribution in [0.3, 0.4) is 0 Å². The van der Waals surface area contributed by atoms with Crippen molar-refractivity contribution in [2.75, 3.05) is 5.32 Å². The molecule has 2 rings (SSSR count). The van der Waals surface area contributed by atoms with Gasteiger partial charge in [-0.2, -0.15) is 0 Å². The highest BCUT2D eigenvalue weighted by Gasteiger charge is 2.14. The number of carboxylic acids is 1. The van der Waals surface area contributed by atoms with Crippen molar-refractivity contribution in [1.29, 1.82) is 0 Å². The monoisotopic (exact) mass is 294 g/mol. The van der Waals surface area contributed by atoms with Gasteiger partial charge < -0.3 is 10.4 Å². The predicted molar refractivity (Wildman–Crippen MR) is 74.6 cm³/mol. The van der Waals surface area contributed by atoms with E-state index in [0.29, 0.717) is 11.4 Å². The summed E-state index contributed by atoms with van der Waals surface area (Å²) in [5, 5.41) is 12.0. The number of rotatable bonds is 4. The molecule has 0 amide bonds. The second-order valence-corrected chi connectivity index (χ2v) is 4.65. The minimum atomic E-state index is -1.10. The fourth-order valence-electron chi connectivity index (χ4n) is 1.77. The molecule has 1 unspecified atom stereocenters. The summed E-state index contributed by atoms with van der Waals surface area (Å²) in [6.45, 7) is 1.77. The summed E-state index contributed by atoms with van der Waals surface area (Å²) in [5.74, 6) is -1.12. The van der Waals surface area contributed by atoms with Gasteiger partial charge in [-0.15, -0.1) is 0 Å². The number of pyridine rings is 1. The van der Waals surface area contributed by atoms with Crippen LogP contribution in [0, 0.1) is 5.82 Å². The Labute approximate surface area is 120 Å². The molecule has 1 aromatic carbocycles. The van der Waals surface area contributed by atoms with E-state index in [2.05, 4.69) is 10.3 Å². The van der Waals surface area contributed by atoms with Gasteiger partial charge in [0.15, 0.2) is 0 Å². The first-order valence-corrected chi connectivity index (χ1v) is 6.26. The van der Waals surface area contributed by atoms with E-state index in [0.717, 1.165) is 0 Å². The number of nitrogens with one attached hydrogen (secondary N) is 1. The Morgan fingerprint density at radius 3 is 2.75 bits per heavy atom. The molecular formula is C14H12ClFN2O2. The summed E-state index contributed by atoms with van der Waals surface area (Å²) in [7, 11) is 0. The van der Waals surface area contributed by atoms with Crippen molar-refractivity contribution in [3.05, 3.63) is 58.5 Å². The molecule has 20 heavy (non-hydrogen) atoms. The van der Waals surface area contributed by atoms with Crippen molar-refractivity contribution < 1.29 is 14.3 Å². The van der Waals surface area contributed by atoms with E-state index in [1.807, 2.05) is 0 Å². The number of nitrogens with zero attached hydrogens (tertiary/aromatic N) is 1. The standard InChI is InChI=1S/C14H12ClFN2O2/c1-8(10-4-2-3-5-12(10)16)18-13-11(15)6-9(7-17-13)14(19)20/h2-8H,1H3,(H,17,18)(H,19,20). The number of carboxylic acid groups (broad SMARTS) is 1. The van der Waals surface area contributed by atoms with Gasteiger partial charge in [0, 0.05) is 11.8 Å². The minimum Gasteiger partial charge on any atom is -0.478 e. The third kappa shape index (κ3) is 3.05. The fraction of sp³-hybridized carbons (Fsp3) is 0.143. The van der Waals surface area contributed by atoms with Crippen LogP contribution in [0.2, 0.25) is 5.02 Å². The first-order valence-electron chi connectivity index (χ1n) is 5.89. The predicted octanol–water partition coefficient (Wildman–Crippen LogP) is 3.75. The molecule has 0 saturated carbocycles. The summed E-state index contributed by atoms with van der Waals surface area (Å²) < 4.78 is 13.6. The Morgan fingerprint density at radius 2 is 2.15 bits per heavy atom. The van der Waals surface area contributed by atoms with Crippen molar-refractivity contribution in [3.8, 4) is 0 Å². The molecule has 6 heteroatoms. The summed E-state index contributed by atoms with van der Waals surface area (Å²) in [6.07, 6.45) is 1.20. The van der Waals surface area contributed by atoms with Crippen molar-refractivity contribution in [2.24, 2.45) is 0 Å². The van der Waals surface area contributed by atoms with Gasteiger partial charge in [0.05, 0.1) is 16.6 Å². The number of halogens is 2. The maximum Gasteiger partial charge on any atom is 0.337 e. The third-order valence-corrected chi connectivity index (χ3v) is 3.10. The van der Waals surface area contributed by atoms with Crippen LogP contribution in [0.5, 0.6) is 0 Å². The first kappa shape index (κ1) is 14.3. The van der Waals surface area contributed by atoms with Gasteiger partial charge in [-0.25, -0.2) is 14.2 Å². The number of hydrogen-bond acceptors (Lipinski definition) is 3. The molecule has 0 bridgehead atoms. The van der Waals surface area contributed by atoms with Crippen LogP contribution >= 0.6 is 11.6 Å². The van der Waals surface area contributed by atoms with E-state index in [9.17, 15) is 9.18 Å². The lowest BCUT2D eigenvalue weighted by Gasteiger charge is -2.16. The van der Waals surface area contributed by atoms with Gasteiger partial charge >= 0.3 is 5.97 Å². The number of aromatic carboxylic acids is 1. The molecule has 0 saturated heterocycles. The van der Waals surface area contributed by atoms with Crippen LogP contribution in [0.15, 0.2) is 36.5 Å². The smallest absolute Gasteiger partial charge is 0.337 e. The first-order chi connectivity index (χ1) is 9.49. The highest BCUT2D eigenvalue weighted by molar-refractivity contribution is 6.33. The molecule has 0 aliphatic rings. The van der Waals surface area contributed by atoms with E-state index >= 15 is 0 Å². The molecule has 0 aliphatic carbocycles. The maximum absolute atomic E-state index is 13.6. The van der Waals surface area contributed by atoms with Gasteiger partial charge in [0.25, 0.3) is 0 Å². The van der Waals surface area contributed by atoms with Crippen molar-refractivity contribution in [1.82, 2.24) is 4.98 Å². The van der Waals surface area contributed by atoms with Gasteiger partial charge in [-0.3, -0.25) is 0 Å². The Bertz CT molecular complexity index is 649. The summed E-state index contributed by atoms with van der Waals surface area (Å²) in [5.41, 5.74) is 0.478. The average Bonchev–Trinajstić information content (AvgIpc) is 2.41. The second kappa shape index (κ2) is 5.88. The van der Waals surface area contributed by atoms with Crippen LogP contribution in [0.25, 0.3) is 0 Å². The molecule has 2 aromatic rings. The van der Waals surface area contributed by atoms with E-state index < -0.39 is 5.97 Å². The summed E-state index contributed by atoms with van der Waals surface area (Å²) >= 11 is 5.96. The lowest BCUT2D eigenvalue weighted by molar-refractivity contribution is 0.0696. The van der Waals surface area contributed by atoms with Crippen LogP contribution in [0.1, 0.15) is 28.9 Å². The Hall–Kier alpha value is -2.14. The van der Waals surface area contributed by atoms with Gasteiger partial charge in [0.1, 0.15) is 11.6 Å². The van der Waals surface area contributed by atoms with Gasteiger partial charge in [0.2, 0.25) is 0 Å². The zero-order valence-corrected chi connectivity index (χ0v) is 11.4. The maximum atomic E-state index is 13.6. The Kier molecular flexibility index (Phi) is 4.20. The topological polar surface area (TPSA) is 62.2 Å². The molecule has 1 aromatic heterocycles. The number of aromatic nitrogens is 1. The molecule has 0 aliphatic heterocycles. The summed E-state index contributed by atoms with van der Waals surface area (Å²) in [4.78, 5) is 14.7. The molecule has 1 atom stereocenters. The largest absolute Gasteiger partial charge is 0.478 e. The quantitative estimate of drug-likeness (QED) is 0.901. The van der Waals surface area contributed by atoms with Gasteiger partial charge in [-0.05, 0) is 19.1 Å². The van der Waals surface area contributed by atoms with Crippen LogP contribution in [-0.2, 0) is 0 Å². The Balaban J connectivity index is 2.22. The Morgan fingerprint density at radius 1 is 1.45 bits per heavy atom. The van der Waals surface area contributed by atoms with Gasteiger partial charge in [-0.1, -0.05) is 29.8 Å². The average molecular weight is 295 g/mol. The molecule has 104 valence electrons. The fourth-order valence-corrected chi connectivity index (χ4v) is 1.99. The molecule has 2 N–H and O–H groups in total. The number of benzene rings is 1. The zero-order chi connectivity index (χ0) is 14.7. The van der Waals surface area contributed by atoms with E-state index in [4.69, 9.17) is 16.7 Å². The highest BCUT2D eigenvalue weighted by Crippen LogP contribution is 2.26. The van der Waals surface area contributed by atoms with Crippen LogP contribution in [0.4, 0.5) is 10.2 Å². The zero-order valence-electron chi connectivity index (χ0n) is 10.6. The van der Waals surface area contributed by atoms with Crippen LogP contribution < -0.4 is 5.32 Å². The lowest BCUT2D eigenvalue weighted by Crippen LogP contribution is -2.10.